The van der Waals surface area contributed by atoms with Crippen LogP contribution in [0.4, 0.5) is 9.18 Å². The second kappa shape index (κ2) is 8.19. The second-order valence-electron chi connectivity index (χ2n) is 8.13. The minimum absolute atomic E-state index is 0.299. The lowest BCUT2D eigenvalue weighted by atomic mass is 10.0. The van der Waals surface area contributed by atoms with Gasteiger partial charge in [0.1, 0.15) is 23.2 Å². The Kier molecular flexibility index (Phi) is 5.42. The highest BCUT2D eigenvalue weighted by atomic mass is 19.1. The Morgan fingerprint density at radius 3 is 2.68 bits per heavy atom. The lowest BCUT2D eigenvalue weighted by molar-refractivity contribution is -0.0119. The molecule has 1 aliphatic heterocycles. The van der Waals surface area contributed by atoms with E-state index in [-0.39, 0.29) is 11.9 Å². The first-order valence-corrected chi connectivity index (χ1v) is 9.86. The zero-order chi connectivity index (χ0) is 22.0. The van der Waals surface area contributed by atoms with E-state index < -0.39 is 11.7 Å². The number of rotatable bonds is 2. The Balaban J connectivity index is 1.44. The minimum Gasteiger partial charge on any atom is -0.444 e. The summed E-state index contributed by atoms with van der Waals surface area (Å²) >= 11 is 0. The molecule has 1 saturated heterocycles. The van der Waals surface area contributed by atoms with Crippen LogP contribution in [0, 0.1) is 17.7 Å². The molecular formula is C23H21FN4O3. The summed E-state index contributed by atoms with van der Waals surface area (Å²) in [4.78, 5) is 22.6. The van der Waals surface area contributed by atoms with Crippen LogP contribution in [-0.2, 0) is 4.74 Å². The number of carbonyl (C=O) groups excluding carboxylic acids is 1. The highest BCUT2D eigenvalue weighted by Crippen LogP contribution is 2.34. The van der Waals surface area contributed by atoms with Crippen LogP contribution in [0.2, 0.25) is 0 Å². The van der Waals surface area contributed by atoms with Crippen molar-refractivity contribution in [2.75, 3.05) is 6.54 Å². The van der Waals surface area contributed by atoms with E-state index in [4.69, 9.17) is 9.26 Å². The Bertz CT molecular complexity index is 1160. The second-order valence-corrected chi connectivity index (χ2v) is 8.13. The average molecular weight is 420 g/mol. The summed E-state index contributed by atoms with van der Waals surface area (Å²) in [6, 6.07) is 9.30. The molecule has 1 fully saturated rings. The number of ether oxygens (including phenoxy) is 1. The molecule has 0 radical (unpaired) electrons. The molecular weight excluding hydrogens is 399 g/mol. The van der Waals surface area contributed by atoms with Gasteiger partial charge in [0, 0.05) is 23.9 Å². The molecule has 7 nitrogen and oxygen atoms in total. The third-order valence-electron chi connectivity index (χ3n) is 4.54. The third kappa shape index (κ3) is 4.89. The maximum absolute atomic E-state index is 13.2. The SMILES string of the molecule is CC(C)(C)OC(=O)N1CCC1c1nc(-c2ccc(C#Cc3cccc(F)c3)cn2)no1. The van der Waals surface area contributed by atoms with Crippen molar-refractivity contribution in [3.63, 3.8) is 0 Å². The van der Waals surface area contributed by atoms with Gasteiger partial charge < -0.3 is 9.26 Å². The van der Waals surface area contributed by atoms with Crippen molar-refractivity contribution in [3.05, 3.63) is 65.4 Å². The van der Waals surface area contributed by atoms with Gasteiger partial charge in [-0.25, -0.2) is 9.18 Å². The van der Waals surface area contributed by atoms with Crippen molar-refractivity contribution in [1.29, 1.82) is 0 Å². The standard InChI is InChI=1S/C23H21FN4O3/c1-23(2,3)30-22(29)28-12-11-19(28)21-26-20(27-31-21)18-10-9-16(14-25-18)8-7-15-5-4-6-17(24)13-15/h4-6,9-10,13-14,19H,11-12H2,1-3H3. The van der Waals surface area contributed by atoms with E-state index in [2.05, 4.69) is 27.0 Å². The number of aromatic nitrogens is 3. The van der Waals surface area contributed by atoms with Crippen molar-refractivity contribution in [2.45, 2.75) is 38.8 Å². The van der Waals surface area contributed by atoms with Crippen LogP contribution in [0.15, 0.2) is 47.1 Å². The van der Waals surface area contributed by atoms with Crippen LogP contribution in [0.1, 0.15) is 50.3 Å². The molecule has 8 heteroatoms. The number of hydrogen-bond donors (Lipinski definition) is 0. The number of likely N-dealkylation sites (tertiary alicyclic amines) is 1. The fourth-order valence-corrected chi connectivity index (χ4v) is 2.97. The highest BCUT2D eigenvalue weighted by molar-refractivity contribution is 5.69. The molecule has 31 heavy (non-hydrogen) atoms. The maximum atomic E-state index is 13.2. The van der Waals surface area contributed by atoms with Gasteiger partial charge in [0.05, 0.1) is 0 Å². The van der Waals surface area contributed by atoms with Crippen LogP contribution in [0.3, 0.4) is 0 Å². The summed E-state index contributed by atoms with van der Waals surface area (Å²) < 4.78 is 24.0. The monoisotopic (exact) mass is 420 g/mol. The number of carbonyl (C=O) groups is 1. The summed E-state index contributed by atoms with van der Waals surface area (Å²) in [5.41, 5.74) is 1.21. The molecule has 2 aromatic heterocycles. The van der Waals surface area contributed by atoms with E-state index in [0.717, 1.165) is 6.42 Å². The Morgan fingerprint density at radius 2 is 2.03 bits per heavy atom. The minimum atomic E-state index is -0.569. The van der Waals surface area contributed by atoms with Crippen molar-refractivity contribution in [1.82, 2.24) is 20.0 Å². The molecule has 1 aliphatic rings. The molecule has 1 atom stereocenters. The summed E-state index contributed by atoms with van der Waals surface area (Å²) in [7, 11) is 0. The van der Waals surface area contributed by atoms with E-state index in [1.165, 1.54) is 12.1 Å². The van der Waals surface area contributed by atoms with Gasteiger partial charge in [-0.05, 0) is 57.5 Å². The zero-order valence-electron chi connectivity index (χ0n) is 17.4. The first-order chi connectivity index (χ1) is 14.8. The van der Waals surface area contributed by atoms with Gasteiger partial charge in [0.2, 0.25) is 11.7 Å². The lowest BCUT2D eigenvalue weighted by Crippen LogP contribution is -2.47. The van der Waals surface area contributed by atoms with Crippen molar-refractivity contribution >= 4 is 6.09 Å². The number of hydrogen-bond acceptors (Lipinski definition) is 6. The number of pyridine rings is 1. The average Bonchev–Trinajstić information content (AvgIpc) is 3.14. The number of nitrogens with zero attached hydrogens (tertiary/aromatic N) is 4. The summed E-state index contributed by atoms with van der Waals surface area (Å²) in [5, 5.41) is 3.99. The van der Waals surface area contributed by atoms with E-state index in [1.807, 2.05) is 20.8 Å². The largest absolute Gasteiger partial charge is 0.444 e. The van der Waals surface area contributed by atoms with Crippen LogP contribution in [-0.4, -0.2) is 38.3 Å². The molecule has 0 N–H and O–H groups in total. The van der Waals surface area contributed by atoms with Crippen molar-refractivity contribution in [3.8, 4) is 23.4 Å². The van der Waals surface area contributed by atoms with Crippen LogP contribution >= 0.6 is 0 Å². The molecule has 0 spiro atoms. The smallest absolute Gasteiger partial charge is 0.410 e. The predicted molar refractivity (Wildman–Crippen MR) is 110 cm³/mol. The molecule has 1 unspecified atom stereocenters. The van der Waals surface area contributed by atoms with Gasteiger partial charge in [-0.2, -0.15) is 4.98 Å². The third-order valence-corrected chi connectivity index (χ3v) is 4.54. The number of amides is 1. The molecule has 0 bridgehead atoms. The molecule has 4 rings (SSSR count). The van der Waals surface area contributed by atoms with Gasteiger partial charge >= 0.3 is 6.09 Å². The van der Waals surface area contributed by atoms with Gasteiger partial charge in [-0.1, -0.05) is 23.1 Å². The van der Waals surface area contributed by atoms with Crippen LogP contribution in [0.25, 0.3) is 11.5 Å². The van der Waals surface area contributed by atoms with Gasteiger partial charge in [0.25, 0.3) is 0 Å². The van der Waals surface area contributed by atoms with E-state index in [1.54, 1.807) is 35.4 Å². The fourth-order valence-electron chi connectivity index (χ4n) is 2.97. The molecule has 1 aromatic carbocycles. The van der Waals surface area contributed by atoms with E-state index >= 15 is 0 Å². The van der Waals surface area contributed by atoms with Crippen molar-refractivity contribution in [2.24, 2.45) is 0 Å². The van der Waals surface area contributed by atoms with Crippen LogP contribution < -0.4 is 0 Å². The Hall–Kier alpha value is -3.73. The lowest BCUT2D eigenvalue weighted by Gasteiger charge is -2.39. The highest BCUT2D eigenvalue weighted by Gasteiger charge is 2.39. The summed E-state index contributed by atoms with van der Waals surface area (Å²) in [6.45, 7) is 6.04. The van der Waals surface area contributed by atoms with Crippen LogP contribution in [0.5, 0.6) is 0 Å². The Labute approximate surface area is 179 Å². The molecule has 3 heterocycles. The number of halogens is 1. The van der Waals surface area contributed by atoms with Gasteiger partial charge in [-0.3, -0.25) is 9.88 Å². The van der Waals surface area contributed by atoms with Crippen molar-refractivity contribution < 1.29 is 18.4 Å². The molecule has 158 valence electrons. The van der Waals surface area contributed by atoms with Gasteiger partial charge in [0.15, 0.2) is 0 Å². The first kappa shape index (κ1) is 20.5. The van der Waals surface area contributed by atoms with E-state index in [9.17, 15) is 9.18 Å². The van der Waals surface area contributed by atoms with Gasteiger partial charge in [-0.15, -0.1) is 0 Å². The van der Waals surface area contributed by atoms with E-state index in [0.29, 0.717) is 35.1 Å². The maximum Gasteiger partial charge on any atom is 0.410 e. The molecule has 0 saturated carbocycles. The summed E-state index contributed by atoms with van der Waals surface area (Å²) in [6.07, 6.45) is 1.92. The Morgan fingerprint density at radius 1 is 1.23 bits per heavy atom. The summed E-state index contributed by atoms with van der Waals surface area (Å²) in [5.74, 6) is 6.19. The predicted octanol–water partition coefficient (Wildman–Crippen LogP) is 4.35. The zero-order valence-corrected chi connectivity index (χ0v) is 17.4. The molecule has 0 aliphatic carbocycles. The topological polar surface area (TPSA) is 81.4 Å². The fraction of sp³-hybridized carbons (Fsp3) is 0.304. The number of benzene rings is 1. The first-order valence-electron chi connectivity index (χ1n) is 9.86. The quantitative estimate of drug-likeness (QED) is 0.573. The molecule has 3 aromatic rings. The normalized spacial score (nSPS) is 15.6. The molecule has 1 amide bonds.